The fourth-order valence-electron chi connectivity index (χ4n) is 1.29. The summed E-state index contributed by atoms with van der Waals surface area (Å²) in [5.74, 6) is -1.40. The van der Waals surface area contributed by atoms with Crippen LogP contribution in [0.2, 0.25) is 0 Å². The van der Waals surface area contributed by atoms with Gasteiger partial charge in [-0.3, -0.25) is 0 Å². The topological polar surface area (TPSA) is 29.5 Å². The molecule has 0 bridgehead atoms. The van der Waals surface area contributed by atoms with Crippen LogP contribution >= 0.6 is 0 Å². The van der Waals surface area contributed by atoms with E-state index < -0.39 is 18.8 Å². The average molecular weight is 170 g/mol. The van der Waals surface area contributed by atoms with Gasteiger partial charge in [-0.15, -0.1) is 0 Å². The molecule has 2 rings (SSSR count). The van der Waals surface area contributed by atoms with Crippen molar-refractivity contribution >= 4 is 12.6 Å². The Morgan fingerprint density at radius 2 is 2.17 bits per heavy atom. The maximum Gasteiger partial charge on any atom is 0.494 e. The SMILES string of the molecule is OB1OCc2cc(F)cc(F)c21. The quantitative estimate of drug-likeness (QED) is 0.562. The third-order valence-electron chi connectivity index (χ3n) is 1.82. The van der Waals surface area contributed by atoms with Gasteiger partial charge in [-0.05, 0) is 11.6 Å². The van der Waals surface area contributed by atoms with Gasteiger partial charge in [0.2, 0.25) is 0 Å². The number of rotatable bonds is 0. The summed E-state index contributed by atoms with van der Waals surface area (Å²) in [7, 11) is -1.25. The molecule has 0 unspecified atom stereocenters. The highest BCUT2D eigenvalue weighted by molar-refractivity contribution is 6.61. The Kier molecular flexibility index (Phi) is 1.63. The van der Waals surface area contributed by atoms with Crippen molar-refractivity contribution in [2.24, 2.45) is 0 Å². The normalized spacial score (nSPS) is 15.1. The average Bonchev–Trinajstić information content (AvgIpc) is 2.31. The molecule has 2 nitrogen and oxygen atoms in total. The minimum atomic E-state index is -1.25. The van der Waals surface area contributed by atoms with Crippen LogP contribution in [0.15, 0.2) is 12.1 Å². The summed E-state index contributed by atoms with van der Waals surface area (Å²) >= 11 is 0. The van der Waals surface area contributed by atoms with E-state index in [1.807, 2.05) is 0 Å². The van der Waals surface area contributed by atoms with Crippen LogP contribution < -0.4 is 5.46 Å². The second-order valence-corrected chi connectivity index (χ2v) is 2.62. The molecule has 12 heavy (non-hydrogen) atoms. The lowest BCUT2D eigenvalue weighted by atomic mass is 9.79. The Bertz CT molecular complexity index is 329. The summed E-state index contributed by atoms with van der Waals surface area (Å²) in [5, 5.41) is 9.07. The highest BCUT2D eigenvalue weighted by Crippen LogP contribution is 2.13. The van der Waals surface area contributed by atoms with Crippen molar-refractivity contribution < 1.29 is 18.5 Å². The Balaban J connectivity index is 2.60. The molecule has 0 radical (unpaired) electrons. The Hall–Kier alpha value is -0.935. The van der Waals surface area contributed by atoms with E-state index in [1.54, 1.807) is 0 Å². The van der Waals surface area contributed by atoms with Gasteiger partial charge in [0.1, 0.15) is 11.6 Å². The Morgan fingerprint density at radius 3 is 2.92 bits per heavy atom. The summed E-state index contributed by atoms with van der Waals surface area (Å²) in [6.45, 7) is 0.0607. The van der Waals surface area contributed by atoms with Gasteiger partial charge in [0.05, 0.1) is 6.61 Å². The zero-order valence-electron chi connectivity index (χ0n) is 6.05. The maximum atomic E-state index is 12.9. The van der Waals surface area contributed by atoms with Gasteiger partial charge in [-0.2, -0.15) is 0 Å². The third-order valence-corrected chi connectivity index (χ3v) is 1.82. The molecule has 0 saturated heterocycles. The molecule has 0 atom stereocenters. The minimum Gasteiger partial charge on any atom is -0.423 e. The standard InChI is InChI=1S/C7H5BF2O2/c9-5-1-4-3-12-8(11)7(4)6(10)2-5/h1-2,11H,3H2. The Labute approximate surface area is 67.9 Å². The fourth-order valence-corrected chi connectivity index (χ4v) is 1.29. The zero-order chi connectivity index (χ0) is 8.72. The zero-order valence-corrected chi connectivity index (χ0v) is 6.05. The second kappa shape index (κ2) is 2.53. The van der Waals surface area contributed by atoms with E-state index in [9.17, 15) is 8.78 Å². The maximum absolute atomic E-state index is 12.9. The smallest absolute Gasteiger partial charge is 0.423 e. The van der Waals surface area contributed by atoms with Crippen molar-refractivity contribution in [2.75, 3.05) is 0 Å². The van der Waals surface area contributed by atoms with Crippen LogP contribution in [0.3, 0.4) is 0 Å². The summed E-state index contributed by atoms with van der Waals surface area (Å²) < 4.78 is 30.2. The first-order valence-corrected chi connectivity index (χ1v) is 3.46. The van der Waals surface area contributed by atoms with Gasteiger partial charge in [0, 0.05) is 11.5 Å². The van der Waals surface area contributed by atoms with E-state index in [-0.39, 0.29) is 12.1 Å². The molecule has 5 heteroatoms. The van der Waals surface area contributed by atoms with Gasteiger partial charge in [0.25, 0.3) is 0 Å². The first kappa shape index (κ1) is 7.70. The van der Waals surface area contributed by atoms with Gasteiger partial charge < -0.3 is 9.68 Å². The first-order chi connectivity index (χ1) is 5.68. The molecule has 0 saturated carbocycles. The molecule has 0 aromatic heterocycles. The summed E-state index contributed by atoms with van der Waals surface area (Å²) in [5.41, 5.74) is 0.427. The molecule has 62 valence electrons. The summed E-state index contributed by atoms with van der Waals surface area (Å²) in [4.78, 5) is 0. The van der Waals surface area contributed by atoms with Crippen LogP contribution in [0.4, 0.5) is 8.78 Å². The highest BCUT2D eigenvalue weighted by atomic mass is 19.1. The molecule has 0 fully saturated rings. The number of halogens is 2. The molecular weight excluding hydrogens is 165 g/mol. The summed E-state index contributed by atoms with van der Waals surface area (Å²) in [6.07, 6.45) is 0. The molecule has 0 spiro atoms. The molecule has 1 heterocycles. The lowest BCUT2D eigenvalue weighted by molar-refractivity contribution is 0.275. The van der Waals surface area contributed by atoms with Crippen LogP contribution in [-0.4, -0.2) is 12.1 Å². The number of hydrogen-bond donors (Lipinski definition) is 1. The predicted molar refractivity (Wildman–Crippen MR) is 38.8 cm³/mol. The van der Waals surface area contributed by atoms with E-state index in [1.165, 1.54) is 0 Å². The van der Waals surface area contributed by atoms with E-state index >= 15 is 0 Å². The predicted octanol–water partition coefficient (Wildman–Crippen LogP) is 0.183. The largest absolute Gasteiger partial charge is 0.494 e. The number of benzene rings is 1. The molecule has 0 aliphatic carbocycles. The Morgan fingerprint density at radius 1 is 1.42 bits per heavy atom. The molecular formula is C7H5BF2O2. The van der Waals surface area contributed by atoms with Crippen LogP contribution in [0.1, 0.15) is 5.56 Å². The molecule has 1 aliphatic heterocycles. The monoisotopic (exact) mass is 170 g/mol. The minimum absolute atomic E-state index is 0.0522. The van der Waals surface area contributed by atoms with Crippen molar-refractivity contribution in [3.8, 4) is 0 Å². The molecule has 1 aliphatic rings. The van der Waals surface area contributed by atoms with Gasteiger partial charge in [0.15, 0.2) is 0 Å². The first-order valence-electron chi connectivity index (χ1n) is 3.46. The molecule has 1 aromatic rings. The lowest BCUT2D eigenvalue weighted by Crippen LogP contribution is -2.31. The third kappa shape index (κ3) is 1.02. The number of fused-ring (bicyclic) bond motifs is 1. The van der Waals surface area contributed by atoms with Gasteiger partial charge in [-0.1, -0.05) is 0 Å². The molecule has 1 N–H and O–H groups in total. The highest BCUT2D eigenvalue weighted by Gasteiger charge is 2.31. The van der Waals surface area contributed by atoms with E-state index in [4.69, 9.17) is 9.68 Å². The second-order valence-electron chi connectivity index (χ2n) is 2.62. The van der Waals surface area contributed by atoms with Crippen LogP contribution in [0, 0.1) is 11.6 Å². The van der Waals surface area contributed by atoms with E-state index in [0.29, 0.717) is 5.56 Å². The van der Waals surface area contributed by atoms with E-state index in [2.05, 4.69) is 0 Å². The summed E-state index contributed by atoms with van der Waals surface area (Å²) in [6, 6.07) is 1.89. The molecule has 0 amide bonds. The molecule has 1 aromatic carbocycles. The van der Waals surface area contributed by atoms with Gasteiger partial charge in [-0.25, -0.2) is 8.78 Å². The van der Waals surface area contributed by atoms with Crippen molar-refractivity contribution in [2.45, 2.75) is 6.61 Å². The van der Waals surface area contributed by atoms with E-state index in [0.717, 1.165) is 12.1 Å². The van der Waals surface area contributed by atoms with Crippen molar-refractivity contribution in [1.29, 1.82) is 0 Å². The van der Waals surface area contributed by atoms with Crippen molar-refractivity contribution in [3.05, 3.63) is 29.3 Å². The van der Waals surface area contributed by atoms with Gasteiger partial charge >= 0.3 is 7.12 Å². The number of hydrogen-bond acceptors (Lipinski definition) is 2. The lowest BCUT2D eigenvalue weighted by Gasteiger charge is -1.99. The van der Waals surface area contributed by atoms with Crippen molar-refractivity contribution in [1.82, 2.24) is 0 Å². The van der Waals surface area contributed by atoms with Crippen LogP contribution in [0.5, 0.6) is 0 Å². The fraction of sp³-hybridized carbons (Fsp3) is 0.143. The van der Waals surface area contributed by atoms with Crippen LogP contribution in [-0.2, 0) is 11.3 Å². The van der Waals surface area contributed by atoms with Crippen LogP contribution in [0.25, 0.3) is 0 Å². The van der Waals surface area contributed by atoms with Crippen molar-refractivity contribution in [3.63, 3.8) is 0 Å².